The predicted molar refractivity (Wildman–Crippen MR) is 43.5 cm³/mol. The average Bonchev–Trinajstić information content (AvgIpc) is 2.61. The third-order valence-corrected chi connectivity index (χ3v) is 4.57. The Bertz CT molecular complexity index is 208. The van der Waals surface area contributed by atoms with Crippen molar-refractivity contribution < 1.29 is 9.50 Å². The summed E-state index contributed by atoms with van der Waals surface area (Å²) in [5.74, 6) is 0.477. The lowest BCUT2D eigenvalue weighted by molar-refractivity contribution is -0.116. The standard InChI is InChI=1S/C10H15FO/c11-9-4-1-5-10(9,12)8-3-2-7(9)6-8/h7-8,12H,1-6H2. The molecule has 0 aromatic rings. The van der Waals surface area contributed by atoms with Crippen molar-refractivity contribution in [2.75, 3.05) is 0 Å². The third-order valence-electron chi connectivity index (χ3n) is 4.57. The van der Waals surface area contributed by atoms with Crippen LogP contribution in [0, 0.1) is 11.8 Å². The Hall–Kier alpha value is -0.110. The monoisotopic (exact) mass is 170 g/mol. The molecule has 3 aliphatic rings. The maximum atomic E-state index is 14.3. The fourth-order valence-corrected chi connectivity index (χ4v) is 3.97. The van der Waals surface area contributed by atoms with Gasteiger partial charge in [-0.25, -0.2) is 4.39 Å². The highest BCUT2D eigenvalue weighted by atomic mass is 19.1. The molecular weight excluding hydrogens is 155 g/mol. The van der Waals surface area contributed by atoms with Gasteiger partial charge in [0.15, 0.2) is 0 Å². The van der Waals surface area contributed by atoms with Crippen molar-refractivity contribution >= 4 is 0 Å². The molecule has 0 spiro atoms. The van der Waals surface area contributed by atoms with E-state index in [9.17, 15) is 9.50 Å². The summed E-state index contributed by atoms with van der Waals surface area (Å²) in [6.45, 7) is 0. The van der Waals surface area contributed by atoms with E-state index in [0.29, 0.717) is 12.8 Å². The fourth-order valence-electron chi connectivity index (χ4n) is 3.97. The molecule has 1 N–H and O–H groups in total. The number of hydrogen-bond donors (Lipinski definition) is 1. The Labute approximate surface area is 72.0 Å². The quantitative estimate of drug-likeness (QED) is 0.590. The average molecular weight is 170 g/mol. The van der Waals surface area contributed by atoms with Gasteiger partial charge in [0.05, 0.1) is 0 Å². The third kappa shape index (κ3) is 0.544. The summed E-state index contributed by atoms with van der Waals surface area (Å²) in [5.41, 5.74) is -2.09. The van der Waals surface area contributed by atoms with Gasteiger partial charge in [0.2, 0.25) is 0 Å². The molecule has 4 atom stereocenters. The summed E-state index contributed by atoms with van der Waals surface area (Å²) < 4.78 is 14.3. The van der Waals surface area contributed by atoms with Crippen LogP contribution in [0.25, 0.3) is 0 Å². The van der Waals surface area contributed by atoms with Gasteiger partial charge in [0.1, 0.15) is 11.3 Å². The van der Waals surface area contributed by atoms with Crippen LogP contribution in [0.4, 0.5) is 4.39 Å². The number of fused-ring (bicyclic) bond motifs is 5. The molecule has 2 bridgehead atoms. The first kappa shape index (κ1) is 7.31. The second-order valence-electron chi connectivity index (χ2n) is 4.85. The van der Waals surface area contributed by atoms with Gasteiger partial charge in [0.25, 0.3) is 0 Å². The van der Waals surface area contributed by atoms with E-state index in [1.54, 1.807) is 0 Å². The first-order valence-corrected chi connectivity index (χ1v) is 5.08. The van der Waals surface area contributed by atoms with E-state index in [0.717, 1.165) is 25.7 Å². The molecule has 3 rings (SSSR count). The van der Waals surface area contributed by atoms with E-state index in [1.807, 2.05) is 0 Å². The molecular formula is C10H15FO. The molecule has 1 nitrogen and oxygen atoms in total. The minimum atomic E-state index is -1.18. The van der Waals surface area contributed by atoms with Gasteiger partial charge in [-0.3, -0.25) is 0 Å². The molecule has 0 heterocycles. The second-order valence-corrected chi connectivity index (χ2v) is 4.85. The van der Waals surface area contributed by atoms with Crippen LogP contribution in [0.5, 0.6) is 0 Å². The summed E-state index contributed by atoms with van der Waals surface area (Å²) in [6, 6.07) is 0. The molecule has 3 aliphatic carbocycles. The van der Waals surface area contributed by atoms with Crippen LogP contribution >= 0.6 is 0 Å². The maximum Gasteiger partial charge on any atom is 0.142 e. The lowest BCUT2D eigenvalue weighted by atomic mass is 9.75. The summed E-state index contributed by atoms with van der Waals surface area (Å²) in [7, 11) is 0. The molecule has 0 amide bonds. The number of aliphatic hydroxyl groups is 1. The number of rotatable bonds is 0. The van der Waals surface area contributed by atoms with Crippen LogP contribution in [0.1, 0.15) is 38.5 Å². The Morgan fingerprint density at radius 2 is 1.92 bits per heavy atom. The Balaban J connectivity index is 2.08. The Kier molecular flexibility index (Phi) is 1.14. The minimum Gasteiger partial charge on any atom is -0.386 e. The molecule has 0 aromatic heterocycles. The SMILES string of the molecule is OC12CCCC1(F)C1CCC2C1. The summed E-state index contributed by atoms with van der Waals surface area (Å²) in [6.07, 6.45) is 5.25. The van der Waals surface area contributed by atoms with Crippen molar-refractivity contribution in [3.05, 3.63) is 0 Å². The van der Waals surface area contributed by atoms with E-state index in [-0.39, 0.29) is 11.8 Å². The molecule has 3 saturated carbocycles. The van der Waals surface area contributed by atoms with E-state index in [2.05, 4.69) is 0 Å². The van der Waals surface area contributed by atoms with Crippen LogP contribution in [-0.2, 0) is 0 Å². The van der Waals surface area contributed by atoms with E-state index < -0.39 is 11.3 Å². The molecule has 0 saturated heterocycles. The van der Waals surface area contributed by atoms with Gasteiger partial charge in [-0.05, 0) is 50.4 Å². The molecule has 0 radical (unpaired) electrons. The normalized spacial score (nSPS) is 62.5. The molecule has 0 aromatic carbocycles. The topological polar surface area (TPSA) is 20.2 Å². The Morgan fingerprint density at radius 1 is 1.17 bits per heavy atom. The largest absolute Gasteiger partial charge is 0.386 e. The van der Waals surface area contributed by atoms with Gasteiger partial charge in [-0.1, -0.05) is 0 Å². The first-order valence-electron chi connectivity index (χ1n) is 5.08. The summed E-state index contributed by atoms with van der Waals surface area (Å²) in [5, 5.41) is 10.2. The smallest absolute Gasteiger partial charge is 0.142 e. The van der Waals surface area contributed by atoms with Gasteiger partial charge in [-0.15, -0.1) is 0 Å². The van der Waals surface area contributed by atoms with Crippen LogP contribution < -0.4 is 0 Å². The van der Waals surface area contributed by atoms with Crippen molar-refractivity contribution in [1.29, 1.82) is 0 Å². The molecule has 68 valence electrons. The van der Waals surface area contributed by atoms with E-state index in [1.165, 1.54) is 0 Å². The van der Waals surface area contributed by atoms with Crippen molar-refractivity contribution in [1.82, 2.24) is 0 Å². The van der Waals surface area contributed by atoms with Gasteiger partial charge >= 0.3 is 0 Å². The maximum absolute atomic E-state index is 14.3. The Morgan fingerprint density at radius 3 is 2.67 bits per heavy atom. The molecule has 0 aliphatic heterocycles. The van der Waals surface area contributed by atoms with Gasteiger partial charge in [0, 0.05) is 0 Å². The molecule has 3 fully saturated rings. The number of hydrogen-bond acceptors (Lipinski definition) is 1. The van der Waals surface area contributed by atoms with Crippen molar-refractivity contribution in [2.45, 2.75) is 49.8 Å². The van der Waals surface area contributed by atoms with E-state index in [4.69, 9.17) is 0 Å². The second kappa shape index (κ2) is 1.87. The molecule has 2 heteroatoms. The van der Waals surface area contributed by atoms with Crippen molar-refractivity contribution in [2.24, 2.45) is 11.8 Å². The zero-order valence-electron chi connectivity index (χ0n) is 7.22. The van der Waals surface area contributed by atoms with Crippen molar-refractivity contribution in [3.8, 4) is 0 Å². The molecule has 4 unspecified atom stereocenters. The highest BCUT2D eigenvalue weighted by molar-refractivity contribution is 5.20. The highest BCUT2D eigenvalue weighted by Gasteiger charge is 2.69. The molecule has 12 heavy (non-hydrogen) atoms. The summed E-state index contributed by atoms with van der Waals surface area (Å²) in [4.78, 5) is 0. The predicted octanol–water partition coefficient (Wildman–Crippen LogP) is 2.04. The minimum absolute atomic E-state index is 0.190. The number of halogens is 1. The van der Waals surface area contributed by atoms with Crippen molar-refractivity contribution in [3.63, 3.8) is 0 Å². The lowest BCUT2D eigenvalue weighted by Crippen LogP contribution is -2.51. The first-order chi connectivity index (χ1) is 5.67. The highest BCUT2D eigenvalue weighted by Crippen LogP contribution is 2.65. The summed E-state index contributed by atoms with van der Waals surface area (Å²) >= 11 is 0. The van der Waals surface area contributed by atoms with Gasteiger partial charge in [-0.2, -0.15) is 0 Å². The van der Waals surface area contributed by atoms with Crippen LogP contribution in [-0.4, -0.2) is 16.4 Å². The number of alkyl halides is 1. The zero-order chi connectivity index (χ0) is 8.40. The zero-order valence-corrected chi connectivity index (χ0v) is 7.22. The van der Waals surface area contributed by atoms with Crippen LogP contribution in [0.15, 0.2) is 0 Å². The van der Waals surface area contributed by atoms with Crippen LogP contribution in [0.3, 0.4) is 0 Å². The van der Waals surface area contributed by atoms with Crippen LogP contribution in [0.2, 0.25) is 0 Å². The fraction of sp³-hybridized carbons (Fsp3) is 1.00. The van der Waals surface area contributed by atoms with Gasteiger partial charge < -0.3 is 5.11 Å². The lowest BCUT2D eigenvalue weighted by Gasteiger charge is -2.39. The van der Waals surface area contributed by atoms with E-state index >= 15 is 0 Å².